The van der Waals surface area contributed by atoms with E-state index < -0.39 is 5.25 Å². The van der Waals surface area contributed by atoms with Gasteiger partial charge < -0.3 is 5.32 Å². The molecule has 146 valence electrons. The van der Waals surface area contributed by atoms with Crippen molar-refractivity contribution < 1.29 is 4.79 Å². The van der Waals surface area contributed by atoms with Gasteiger partial charge in [-0.15, -0.1) is 0 Å². The third-order valence-electron chi connectivity index (χ3n) is 4.37. The fourth-order valence-electron chi connectivity index (χ4n) is 2.73. The number of nitrogens with zero attached hydrogens (tertiary/aromatic N) is 2. The standard InChI is InChI=1S/C20H19BrClN3O2S/c1-4-25-19(27)14-10-13(21)8-9-17(14)24-20(25)28-12(3)18(26)23-16-7-5-6-15(22)11(16)2/h5-10,12H,4H2,1-3H3,(H,23,26). The number of rotatable bonds is 5. The van der Waals surface area contributed by atoms with Gasteiger partial charge in [-0.25, -0.2) is 4.98 Å². The van der Waals surface area contributed by atoms with Crippen LogP contribution in [0.1, 0.15) is 19.4 Å². The molecule has 1 heterocycles. The molecule has 0 saturated heterocycles. The lowest BCUT2D eigenvalue weighted by molar-refractivity contribution is -0.115. The fourth-order valence-corrected chi connectivity index (χ4v) is 4.24. The van der Waals surface area contributed by atoms with Crippen LogP contribution < -0.4 is 10.9 Å². The topological polar surface area (TPSA) is 64.0 Å². The van der Waals surface area contributed by atoms with Crippen LogP contribution >= 0.6 is 39.3 Å². The highest BCUT2D eigenvalue weighted by molar-refractivity contribution is 9.10. The number of hydrogen-bond donors (Lipinski definition) is 1. The Morgan fingerprint density at radius 2 is 2.11 bits per heavy atom. The molecule has 8 heteroatoms. The Hall–Kier alpha value is -1.83. The molecule has 0 aliphatic heterocycles. The van der Waals surface area contributed by atoms with Gasteiger partial charge in [0.1, 0.15) is 0 Å². The molecule has 0 fully saturated rings. The Bertz CT molecular complexity index is 1120. The van der Waals surface area contributed by atoms with Crippen LogP contribution in [0.15, 0.2) is 50.8 Å². The van der Waals surface area contributed by atoms with Gasteiger partial charge in [0.15, 0.2) is 5.16 Å². The van der Waals surface area contributed by atoms with Crippen LogP contribution in [0.2, 0.25) is 5.02 Å². The smallest absolute Gasteiger partial charge is 0.262 e. The summed E-state index contributed by atoms with van der Waals surface area (Å²) in [5.41, 5.74) is 1.98. The summed E-state index contributed by atoms with van der Waals surface area (Å²) in [5, 5.41) is 4.12. The minimum Gasteiger partial charge on any atom is -0.325 e. The summed E-state index contributed by atoms with van der Waals surface area (Å²) in [6, 6.07) is 10.8. The van der Waals surface area contributed by atoms with Gasteiger partial charge >= 0.3 is 0 Å². The molecule has 0 radical (unpaired) electrons. The van der Waals surface area contributed by atoms with Gasteiger partial charge in [0.2, 0.25) is 5.91 Å². The van der Waals surface area contributed by atoms with Gasteiger partial charge in [0, 0.05) is 21.7 Å². The molecule has 1 unspecified atom stereocenters. The number of nitrogens with one attached hydrogen (secondary N) is 1. The summed E-state index contributed by atoms with van der Waals surface area (Å²) >= 11 is 10.8. The van der Waals surface area contributed by atoms with E-state index in [-0.39, 0.29) is 11.5 Å². The number of aromatic nitrogens is 2. The van der Waals surface area contributed by atoms with Crippen LogP contribution in [0.25, 0.3) is 10.9 Å². The van der Waals surface area contributed by atoms with Gasteiger partial charge in [-0.1, -0.05) is 45.4 Å². The summed E-state index contributed by atoms with van der Waals surface area (Å²) in [5.74, 6) is -0.178. The largest absolute Gasteiger partial charge is 0.325 e. The first-order chi connectivity index (χ1) is 13.3. The predicted molar refractivity (Wildman–Crippen MR) is 120 cm³/mol. The van der Waals surface area contributed by atoms with Gasteiger partial charge in [-0.2, -0.15) is 0 Å². The first-order valence-corrected chi connectivity index (χ1v) is 10.8. The molecule has 1 N–H and O–H groups in total. The van der Waals surface area contributed by atoms with Crippen molar-refractivity contribution in [3.05, 3.63) is 61.8 Å². The van der Waals surface area contributed by atoms with Crippen molar-refractivity contribution in [3.8, 4) is 0 Å². The van der Waals surface area contributed by atoms with Gasteiger partial charge in [-0.3, -0.25) is 14.2 Å². The molecule has 1 atom stereocenters. The fraction of sp³-hybridized carbons (Fsp3) is 0.250. The van der Waals surface area contributed by atoms with E-state index in [0.29, 0.717) is 33.3 Å². The lowest BCUT2D eigenvalue weighted by atomic mass is 10.2. The van der Waals surface area contributed by atoms with E-state index >= 15 is 0 Å². The highest BCUT2D eigenvalue weighted by Crippen LogP contribution is 2.27. The van der Waals surface area contributed by atoms with Crippen molar-refractivity contribution >= 4 is 61.8 Å². The van der Waals surface area contributed by atoms with Crippen LogP contribution in [0.3, 0.4) is 0 Å². The monoisotopic (exact) mass is 479 g/mol. The van der Waals surface area contributed by atoms with Crippen LogP contribution in [0.5, 0.6) is 0 Å². The lowest BCUT2D eigenvalue weighted by Crippen LogP contribution is -2.26. The number of carbonyl (C=O) groups excluding carboxylic acids is 1. The summed E-state index contributed by atoms with van der Waals surface area (Å²) in [6.45, 7) is 6.00. The number of hydrogen-bond acceptors (Lipinski definition) is 4. The van der Waals surface area contributed by atoms with E-state index in [0.717, 1.165) is 10.0 Å². The third kappa shape index (κ3) is 4.26. The van der Waals surface area contributed by atoms with Gasteiger partial charge in [-0.05, 0) is 56.7 Å². The molecule has 0 saturated carbocycles. The highest BCUT2D eigenvalue weighted by atomic mass is 79.9. The quantitative estimate of drug-likeness (QED) is 0.400. The van der Waals surface area contributed by atoms with Crippen molar-refractivity contribution in [2.75, 3.05) is 5.32 Å². The van der Waals surface area contributed by atoms with Gasteiger partial charge in [0.05, 0.1) is 16.2 Å². The third-order valence-corrected chi connectivity index (χ3v) is 6.37. The molecule has 0 aliphatic rings. The summed E-state index contributed by atoms with van der Waals surface area (Å²) < 4.78 is 2.42. The van der Waals surface area contributed by atoms with Gasteiger partial charge in [0.25, 0.3) is 5.56 Å². The molecule has 0 aliphatic carbocycles. The highest BCUT2D eigenvalue weighted by Gasteiger charge is 2.20. The summed E-state index contributed by atoms with van der Waals surface area (Å²) in [6.07, 6.45) is 0. The number of thioether (sulfide) groups is 1. The first kappa shape index (κ1) is 20.9. The zero-order chi connectivity index (χ0) is 20.4. The minimum atomic E-state index is -0.448. The van der Waals surface area contributed by atoms with Crippen molar-refractivity contribution in [2.24, 2.45) is 0 Å². The van der Waals surface area contributed by atoms with E-state index in [4.69, 9.17) is 11.6 Å². The number of carbonyl (C=O) groups is 1. The molecule has 0 bridgehead atoms. The average molecular weight is 481 g/mol. The van der Waals surface area contributed by atoms with E-state index in [1.165, 1.54) is 11.8 Å². The van der Waals surface area contributed by atoms with E-state index in [1.807, 2.05) is 26.0 Å². The normalized spacial score (nSPS) is 12.2. The van der Waals surface area contributed by atoms with Crippen LogP contribution in [0, 0.1) is 6.92 Å². The second kappa shape index (κ2) is 8.68. The number of amides is 1. The van der Waals surface area contributed by atoms with Crippen molar-refractivity contribution in [3.63, 3.8) is 0 Å². The molecular formula is C20H19BrClN3O2S. The van der Waals surface area contributed by atoms with Crippen LogP contribution in [0.4, 0.5) is 5.69 Å². The molecule has 5 nitrogen and oxygen atoms in total. The van der Waals surface area contributed by atoms with Crippen molar-refractivity contribution in [1.82, 2.24) is 9.55 Å². The minimum absolute atomic E-state index is 0.116. The Kier molecular flexibility index (Phi) is 6.47. The number of fused-ring (bicyclic) bond motifs is 1. The molecule has 3 rings (SSSR count). The Morgan fingerprint density at radius 1 is 1.36 bits per heavy atom. The van der Waals surface area contributed by atoms with Crippen molar-refractivity contribution in [2.45, 2.75) is 37.7 Å². The van der Waals surface area contributed by atoms with E-state index in [2.05, 4.69) is 26.2 Å². The van der Waals surface area contributed by atoms with Crippen LogP contribution in [-0.4, -0.2) is 20.7 Å². The molecule has 2 aromatic carbocycles. The lowest BCUT2D eigenvalue weighted by Gasteiger charge is -2.16. The Balaban J connectivity index is 1.89. The summed E-state index contributed by atoms with van der Waals surface area (Å²) in [4.78, 5) is 30.1. The maximum atomic E-state index is 12.8. The maximum absolute atomic E-state index is 12.8. The van der Waals surface area contributed by atoms with Crippen LogP contribution in [-0.2, 0) is 11.3 Å². The zero-order valence-electron chi connectivity index (χ0n) is 15.6. The maximum Gasteiger partial charge on any atom is 0.262 e. The average Bonchev–Trinajstić information content (AvgIpc) is 2.66. The zero-order valence-corrected chi connectivity index (χ0v) is 18.8. The SMILES string of the molecule is CCn1c(SC(C)C(=O)Nc2cccc(Cl)c2C)nc2ccc(Br)cc2c1=O. The Morgan fingerprint density at radius 3 is 2.82 bits per heavy atom. The van der Waals surface area contributed by atoms with E-state index in [1.54, 1.807) is 35.8 Å². The number of anilines is 1. The molecule has 3 aromatic rings. The second-order valence-electron chi connectivity index (χ2n) is 6.27. The number of halogens is 2. The molecule has 1 aromatic heterocycles. The summed E-state index contributed by atoms with van der Waals surface area (Å²) in [7, 11) is 0. The number of benzene rings is 2. The molecule has 1 amide bonds. The second-order valence-corrected chi connectivity index (χ2v) is 8.90. The molecular weight excluding hydrogens is 462 g/mol. The van der Waals surface area contributed by atoms with E-state index in [9.17, 15) is 9.59 Å². The first-order valence-electron chi connectivity index (χ1n) is 8.74. The molecule has 0 spiro atoms. The Labute approximate surface area is 180 Å². The molecule has 28 heavy (non-hydrogen) atoms. The predicted octanol–water partition coefficient (Wildman–Crippen LogP) is 5.26. The van der Waals surface area contributed by atoms with Crippen molar-refractivity contribution in [1.29, 1.82) is 0 Å².